The van der Waals surface area contributed by atoms with Crippen LogP contribution in [0.3, 0.4) is 0 Å². The summed E-state index contributed by atoms with van der Waals surface area (Å²) in [5.74, 6) is 0.930. The molecule has 0 bridgehead atoms. The second-order valence-corrected chi connectivity index (χ2v) is 2.99. The minimum absolute atomic E-state index is 0.807. The van der Waals surface area contributed by atoms with Crippen LogP contribution in [0.2, 0.25) is 0 Å². The van der Waals surface area contributed by atoms with Gasteiger partial charge in [0.1, 0.15) is 12.1 Å². The van der Waals surface area contributed by atoms with E-state index in [1.54, 1.807) is 18.7 Å². The van der Waals surface area contributed by atoms with Crippen LogP contribution in [-0.4, -0.2) is 21.6 Å². The van der Waals surface area contributed by atoms with Gasteiger partial charge in [0.05, 0.1) is 0 Å². The molecule has 0 aliphatic carbocycles. The van der Waals surface area contributed by atoms with Gasteiger partial charge in [0.25, 0.3) is 0 Å². The lowest BCUT2D eigenvalue weighted by Gasteiger charge is -2.07. The number of hydrogen-bond acceptors (Lipinski definition) is 3. The van der Waals surface area contributed by atoms with Crippen molar-refractivity contribution in [2.45, 2.75) is 6.54 Å². The van der Waals surface area contributed by atoms with Crippen LogP contribution in [0.1, 0.15) is 5.56 Å². The molecule has 0 amide bonds. The second kappa shape index (κ2) is 4.02. The number of hydrogen-bond donors (Lipinski definition) is 1. The molecule has 2 aromatic rings. The molecule has 2 heterocycles. The molecule has 0 fully saturated rings. The lowest BCUT2D eigenvalue weighted by atomic mass is 10.2. The van der Waals surface area contributed by atoms with E-state index in [4.69, 9.17) is 0 Å². The number of aromatic nitrogens is 3. The Balaban J connectivity index is 2.42. The van der Waals surface area contributed by atoms with Gasteiger partial charge in [-0.2, -0.15) is 0 Å². The van der Waals surface area contributed by atoms with Crippen molar-refractivity contribution in [3.63, 3.8) is 0 Å². The minimum Gasteiger partial charge on any atom is -0.316 e. The molecule has 0 aliphatic rings. The normalized spacial score (nSPS) is 10.4. The zero-order chi connectivity index (χ0) is 9.80. The highest BCUT2D eigenvalue weighted by atomic mass is 15.1. The molecule has 0 radical (unpaired) electrons. The maximum Gasteiger partial charge on any atom is 0.142 e. The van der Waals surface area contributed by atoms with Crippen molar-refractivity contribution in [1.29, 1.82) is 0 Å². The molecule has 0 atom stereocenters. The zero-order valence-corrected chi connectivity index (χ0v) is 8.01. The van der Waals surface area contributed by atoms with Gasteiger partial charge in [-0.05, 0) is 13.1 Å². The van der Waals surface area contributed by atoms with E-state index in [0.717, 1.165) is 17.9 Å². The molecule has 4 nitrogen and oxygen atoms in total. The van der Waals surface area contributed by atoms with Crippen LogP contribution in [0.25, 0.3) is 5.82 Å². The fraction of sp³-hybridized carbons (Fsp3) is 0.200. The summed E-state index contributed by atoms with van der Waals surface area (Å²) in [6.45, 7) is 0.807. The first-order valence-electron chi connectivity index (χ1n) is 4.48. The maximum absolute atomic E-state index is 4.32. The summed E-state index contributed by atoms with van der Waals surface area (Å²) in [4.78, 5) is 8.33. The van der Waals surface area contributed by atoms with Crippen molar-refractivity contribution in [2.24, 2.45) is 0 Å². The highest BCUT2D eigenvalue weighted by Crippen LogP contribution is 2.09. The maximum atomic E-state index is 4.32. The Kier molecular flexibility index (Phi) is 2.55. The van der Waals surface area contributed by atoms with E-state index < -0.39 is 0 Å². The van der Waals surface area contributed by atoms with Crippen LogP contribution >= 0.6 is 0 Å². The number of nitrogens with one attached hydrogen (secondary N) is 1. The molecule has 1 N–H and O–H groups in total. The highest BCUT2D eigenvalue weighted by Gasteiger charge is 2.02. The summed E-state index contributed by atoms with van der Waals surface area (Å²) in [5, 5.41) is 3.11. The SMILES string of the molecule is CNCc1cccnc1-n1ccnc1. The molecule has 0 saturated carbocycles. The largest absolute Gasteiger partial charge is 0.316 e. The summed E-state index contributed by atoms with van der Waals surface area (Å²) in [7, 11) is 1.92. The van der Waals surface area contributed by atoms with Gasteiger partial charge in [-0.3, -0.25) is 4.57 Å². The van der Waals surface area contributed by atoms with Crippen LogP contribution < -0.4 is 5.32 Å². The van der Waals surface area contributed by atoms with E-state index in [0.29, 0.717) is 0 Å². The standard InChI is InChI=1S/C10H12N4/c1-11-7-9-3-2-4-13-10(9)14-6-5-12-8-14/h2-6,8,11H,7H2,1H3. The van der Waals surface area contributed by atoms with Gasteiger partial charge >= 0.3 is 0 Å². The lowest BCUT2D eigenvalue weighted by Crippen LogP contribution is -2.09. The quantitative estimate of drug-likeness (QED) is 0.781. The first kappa shape index (κ1) is 8.90. The Morgan fingerprint density at radius 2 is 2.36 bits per heavy atom. The first-order valence-corrected chi connectivity index (χ1v) is 4.48. The molecule has 0 spiro atoms. The summed E-state index contributed by atoms with van der Waals surface area (Å²) in [6, 6.07) is 3.99. The fourth-order valence-corrected chi connectivity index (χ4v) is 1.38. The summed E-state index contributed by atoms with van der Waals surface area (Å²) in [5.41, 5.74) is 1.16. The summed E-state index contributed by atoms with van der Waals surface area (Å²) < 4.78 is 1.91. The smallest absolute Gasteiger partial charge is 0.142 e. The highest BCUT2D eigenvalue weighted by molar-refractivity contribution is 5.33. The monoisotopic (exact) mass is 188 g/mol. The molecule has 72 valence electrons. The van der Waals surface area contributed by atoms with Crippen LogP contribution in [0.5, 0.6) is 0 Å². The topological polar surface area (TPSA) is 42.7 Å². The van der Waals surface area contributed by atoms with Gasteiger partial charge in [0.2, 0.25) is 0 Å². The minimum atomic E-state index is 0.807. The van der Waals surface area contributed by atoms with E-state index in [-0.39, 0.29) is 0 Å². The predicted octanol–water partition coefficient (Wildman–Crippen LogP) is 0.987. The molecule has 4 heteroatoms. The van der Waals surface area contributed by atoms with Gasteiger partial charge in [-0.15, -0.1) is 0 Å². The van der Waals surface area contributed by atoms with Crippen molar-refractivity contribution in [3.8, 4) is 5.82 Å². The second-order valence-electron chi connectivity index (χ2n) is 2.99. The van der Waals surface area contributed by atoms with E-state index in [9.17, 15) is 0 Å². The molecule has 0 saturated heterocycles. The number of nitrogens with zero attached hydrogens (tertiary/aromatic N) is 3. The van der Waals surface area contributed by atoms with E-state index in [2.05, 4.69) is 21.4 Å². The first-order chi connectivity index (χ1) is 6.92. The van der Waals surface area contributed by atoms with Gasteiger partial charge in [0, 0.05) is 30.7 Å². The molecular weight excluding hydrogens is 176 g/mol. The van der Waals surface area contributed by atoms with Crippen molar-refractivity contribution in [2.75, 3.05) is 7.05 Å². The van der Waals surface area contributed by atoms with Crippen molar-refractivity contribution in [1.82, 2.24) is 19.9 Å². The van der Waals surface area contributed by atoms with Crippen molar-refractivity contribution < 1.29 is 0 Å². The van der Waals surface area contributed by atoms with E-state index in [1.807, 2.05) is 23.9 Å². The molecule has 0 aliphatic heterocycles. The fourth-order valence-electron chi connectivity index (χ4n) is 1.38. The van der Waals surface area contributed by atoms with Crippen molar-refractivity contribution in [3.05, 3.63) is 42.6 Å². The average Bonchev–Trinajstić information content (AvgIpc) is 2.72. The Morgan fingerprint density at radius 1 is 1.43 bits per heavy atom. The molecular formula is C10H12N4. The van der Waals surface area contributed by atoms with E-state index >= 15 is 0 Å². The molecule has 14 heavy (non-hydrogen) atoms. The Hall–Kier alpha value is -1.68. The van der Waals surface area contributed by atoms with Gasteiger partial charge in [0.15, 0.2) is 0 Å². The zero-order valence-electron chi connectivity index (χ0n) is 8.01. The predicted molar refractivity (Wildman–Crippen MR) is 54.1 cm³/mol. The number of imidazole rings is 1. The molecule has 2 rings (SSSR count). The van der Waals surface area contributed by atoms with Crippen LogP contribution in [0.15, 0.2) is 37.1 Å². The van der Waals surface area contributed by atoms with Crippen LogP contribution in [0, 0.1) is 0 Å². The third-order valence-electron chi connectivity index (χ3n) is 1.98. The summed E-state index contributed by atoms with van der Waals surface area (Å²) >= 11 is 0. The van der Waals surface area contributed by atoms with Crippen LogP contribution in [0.4, 0.5) is 0 Å². The Bertz CT molecular complexity index is 394. The number of pyridine rings is 1. The van der Waals surface area contributed by atoms with Gasteiger partial charge in [-0.25, -0.2) is 9.97 Å². The Labute approximate surface area is 82.6 Å². The molecule has 0 aromatic carbocycles. The lowest BCUT2D eigenvalue weighted by molar-refractivity contribution is 0.797. The Morgan fingerprint density at radius 3 is 3.07 bits per heavy atom. The molecule has 2 aromatic heterocycles. The van der Waals surface area contributed by atoms with Crippen LogP contribution in [-0.2, 0) is 6.54 Å². The summed E-state index contributed by atoms with van der Waals surface area (Å²) in [6.07, 6.45) is 7.18. The molecule has 0 unspecified atom stereocenters. The van der Waals surface area contributed by atoms with Crippen molar-refractivity contribution >= 4 is 0 Å². The average molecular weight is 188 g/mol. The van der Waals surface area contributed by atoms with Gasteiger partial charge in [-0.1, -0.05) is 6.07 Å². The van der Waals surface area contributed by atoms with Gasteiger partial charge < -0.3 is 5.32 Å². The van der Waals surface area contributed by atoms with E-state index in [1.165, 1.54) is 0 Å². The third-order valence-corrected chi connectivity index (χ3v) is 1.98. The number of rotatable bonds is 3. The third kappa shape index (κ3) is 1.65.